The molecule has 0 N–H and O–H groups in total. The lowest BCUT2D eigenvalue weighted by molar-refractivity contribution is -0.00238. The highest BCUT2D eigenvalue weighted by atomic mass is 16.8. The lowest BCUT2D eigenvalue weighted by Crippen LogP contribution is -2.33. The van der Waals surface area contributed by atoms with Crippen molar-refractivity contribution in [2.75, 3.05) is 6.61 Å². The van der Waals surface area contributed by atoms with Gasteiger partial charge in [0.1, 0.15) is 5.60 Å². The number of ether oxygens (including phenoxy) is 2. The first-order valence-corrected chi connectivity index (χ1v) is 9.67. The fraction of sp³-hybridized carbons (Fsp3) is 1.00. The van der Waals surface area contributed by atoms with Gasteiger partial charge in [-0.15, -0.1) is 0 Å². The molecule has 2 aliphatic heterocycles. The molecule has 0 amide bonds. The van der Waals surface area contributed by atoms with Crippen LogP contribution in [0, 0.1) is 0 Å². The van der Waals surface area contributed by atoms with Crippen molar-refractivity contribution in [1.29, 1.82) is 0 Å². The number of rotatable bonds is 15. The van der Waals surface area contributed by atoms with Crippen molar-refractivity contribution in [1.82, 2.24) is 0 Å². The molecular weight excluding hydrogens is 260 g/mol. The molecule has 2 saturated heterocycles. The molecule has 0 spiro atoms. The molecule has 2 nitrogen and oxygen atoms in total. The zero-order valence-electron chi connectivity index (χ0n) is 14.2. The van der Waals surface area contributed by atoms with Gasteiger partial charge >= 0.3 is 0 Å². The van der Waals surface area contributed by atoms with Crippen molar-refractivity contribution in [3.63, 3.8) is 0 Å². The summed E-state index contributed by atoms with van der Waals surface area (Å²) in [5.41, 5.74) is 0.205. The van der Waals surface area contributed by atoms with Crippen LogP contribution in [-0.2, 0) is 9.47 Å². The van der Waals surface area contributed by atoms with E-state index in [9.17, 15) is 0 Å². The molecule has 2 heteroatoms. The molecule has 2 atom stereocenters. The maximum atomic E-state index is 5.51. The van der Waals surface area contributed by atoms with Crippen LogP contribution in [0.1, 0.15) is 103 Å². The average molecular weight is 296 g/mol. The highest BCUT2D eigenvalue weighted by molar-refractivity contribution is 5.04. The lowest BCUT2D eigenvalue weighted by atomic mass is 9.98. The molecule has 0 bridgehead atoms. The van der Waals surface area contributed by atoms with Crippen molar-refractivity contribution in [2.24, 2.45) is 0 Å². The van der Waals surface area contributed by atoms with E-state index in [1.165, 1.54) is 96.3 Å². The van der Waals surface area contributed by atoms with Gasteiger partial charge in [0.15, 0.2) is 6.29 Å². The van der Waals surface area contributed by atoms with Gasteiger partial charge < -0.3 is 9.47 Å². The minimum Gasteiger partial charge on any atom is -0.346 e. The van der Waals surface area contributed by atoms with Crippen LogP contribution in [0.25, 0.3) is 0 Å². The van der Waals surface area contributed by atoms with E-state index in [-0.39, 0.29) is 11.9 Å². The molecule has 2 unspecified atom stereocenters. The summed E-state index contributed by atoms with van der Waals surface area (Å²) in [5.74, 6) is 0. The van der Waals surface area contributed by atoms with E-state index in [1.54, 1.807) is 0 Å². The Kier molecular flexibility index (Phi) is 8.10. The fourth-order valence-corrected chi connectivity index (χ4v) is 3.45. The van der Waals surface area contributed by atoms with Crippen LogP contribution >= 0.6 is 0 Å². The Labute approximate surface area is 132 Å². The Morgan fingerprint density at radius 3 is 1.52 bits per heavy atom. The standard InChI is InChI=1S/C19H36O2/c1-2-3-4-5-6-7-8-9-10-11-12-13-14-15-16-19-17-20-18(19)21-19/h18H,2-17H2,1H3. The SMILES string of the molecule is CCCCCCCCCCCCCCCCC12COC1O2. The van der Waals surface area contributed by atoms with E-state index in [4.69, 9.17) is 9.47 Å². The second-order valence-corrected chi connectivity index (χ2v) is 7.17. The van der Waals surface area contributed by atoms with E-state index in [0.29, 0.717) is 0 Å². The van der Waals surface area contributed by atoms with Crippen LogP contribution in [0.2, 0.25) is 0 Å². The summed E-state index contributed by atoms with van der Waals surface area (Å²) < 4.78 is 10.8. The fourth-order valence-electron chi connectivity index (χ4n) is 3.45. The first-order chi connectivity index (χ1) is 10.4. The normalized spacial score (nSPS) is 26.4. The van der Waals surface area contributed by atoms with Crippen LogP contribution < -0.4 is 0 Å². The predicted octanol–water partition coefficient (Wildman–Crippen LogP) is 5.98. The molecule has 2 heterocycles. The van der Waals surface area contributed by atoms with E-state index in [0.717, 1.165) is 6.61 Å². The summed E-state index contributed by atoms with van der Waals surface area (Å²) in [6, 6.07) is 0. The molecule has 0 aromatic rings. The van der Waals surface area contributed by atoms with Gasteiger partial charge in [0, 0.05) is 0 Å². The van der Waals surface area contributed by atoms with Crippen molar-refractivity contribution in [3.05, 3.63) is 0 Å². The molecule has 21 heavy (non-hydrogen) atoms. The first-order valence-electron chi connectivity index (χ1n) is 9.67. The summed E-state index contributed by atoms with van der Waals surface area (Å²) in [6.07, 6.45) is 21.5. The number of epoxide rings is 1. The van der Waals surface area contributed by atoms with Crippen molar-refractivity contribution in [2.45, 2.75) is 115 Å². The predicted molar refractivity (Wildman–Crippen MR) is 88.5 cm³/mol. The van der Waals surface area contributed by atoms with Gasteiger partial charge in [-0.25, -0.2) is 0 Å². The van der Waals surface area contributed by atoms with E-state index >= 15 is 0 Å². The van der Waals surface area contributed by atoms with Gasteiger partial charge in [0.2, 0.25) is 0 Å². The summed E-state index contributed by atoms with van der Waals surface area (Å²) >= 11 is 0. The van der Waals surface area contributed by atoms with Crippen LogP contribution in [0.3, 0.4) is 0 Å². The molecule has 0 radical (unpaired) electrons. The summed E-state index contributed by atoms with van der Waals surface area (Å²) in [6.45, 7) is 3.15. The largest absolute Gasteiger partial charge is 0.346 e. The Bertz CT molecular complexity index is 262. The highest BCUT2D eigenvalue weighted by Gasteiger charge is 2.65. The van der Waals surface area contributed by atoms with Crippen LogP contribution in [0.4, 0.5) is 0 Å². The van der Waals surface area contributed by atoms with Crippen LogP contribution in [-0.4, -0.2) is 18.5 Å². The van der Waals surface area contributed by atoms with E-state index in [1.807, 2.05) is 0 Å². The van der Waals surface area contributed by atoms with Crippen molar-refractivity contribution in [3.8, 4) is 0 Å². The summed E-state index contributed by atoms with van der Waals surface area (Å²) in [5, 5.41) is 0. The molecular formula is C19H36O2. The lowest BCUT2D eigenvalue weighted by Gasteiger charge is -2.19. The van der Waals surface area contributed by atoms with Gasteiger partial charge in [-0.3, -0.25) is 0 Å². The van der Waals surface area contributed by atoms with Gasteiger partial charge in [-0.1, -0.05) is 96.8 Å². The van der Waals surface area contributed by atoms with Crippen molar-refractivity contribution >= 4 is 0 Å². The molecule has 0 aliphatic carbocycles. The van der Waals surface area contributed by atoms with Crippen molar-refractivity contribution < 1.29 is 9.47 Å². The molecule has 0 saturated carbocycles. The Morgan fingerprint density at radius 2 is 1.19 bits per heavy atom. The van der Waals surface area contributed by atoms with Crippen LogP contribution in [0.5, 0.6) is 0 Å². The molecule has 2 aliphatic rings. The number of hydrogen-bond donors (Lipinski definition) is 0. The topological polar surface area (TPSA) is 21.8 Å². The summed E-state index contributed by atoms with van der Waals surface area (Å²) in [4.78, 5) is 0. The zero-order chi connectivity index (χ0) is 14.8. The van der Waals surface area contributed by atoms with Gasteiger partial charge in [-0.05, 0) is 6.42 Å². The second-order valence-electron chi connectivity index (χ2n) is 7.17. The third-order valence-corrected chi connectivity index (χ3v) is 5.15. The number of hydrogen-bond acceptors (Lipinski definition) is 2. The van der Waals surface area contributed by atoms with Gasteiger partial charge in [0.05, 0.1) is 6.61 Å². The van der Waals surface area contributed by atoms with E-state index < -0.39 is 0 Å². The molecule has 0 aromatic heterocycles. The minimum atomic E-state index is 0.194. The molecule has 2 fully saturated rings. The van der Waals surface area contributed by atoms with Crippen LogP contribution in [0.15, 0.2) is 0 Å². The minimum absolute atomic E-state index is 0.194. The Morgan fingerprint density at radius 1 is 0.714 bits per heavy atom. The quantitative estimate of drug-likeness (QED) is 0.274. The number of unbranched alkanes of at least 4 members (excludes halogenated alkanes) is 13. The first kappa shape index (κ1) is 17.3. The monoisotopic (exact) mass is 296 g/mol. The second kappa shape index (κ2) is 9.84. The Balaban J connectivity index is 1.21. The molecule has 124 valence electrons. The maximum Gasteiger partial charge on any atom is 0.190 e. The Hall–Kier alpha value is -0.0800. The summed E-state index contributed by atoms with van der Waals surface area (Å²) in [7, 11) is 0. The third-order valence-electron chi connectivity index (χ3n) is 5.15. The molecule has 0 aromatic carbocycles. The average Bonchev–Trinajstić information content (AvgIpc) is 3.00. The maximum absolute atomic E-state index is 5.51. The zero-order valence-corrected chi connectivity index (χ0v) is 14.2. The third kappa shape index (κ3) is 6.28. The number of fused-ring (bicyclic) bond motifs is 1. The smallest absolute Gasteiger partial charge is 0.190 e. The van der Waals surface area contributed by atoms with Gasteiger partial charge in [0.25, 0.3) is 0 Å². The highest BCUT2D eigenvalue weighted by Crippen LogP contribution is 2.50. The molecule has 2 rings (SSSR count). The van der Waals surface area contributed by atoms with Gasteiger partial charge in [-0.2, -0.15) is 0 Å². The van der Waals surface area contributed by atoms with E-state index in [2.05, 4.69) is 6.92 Å².